The average Bonchev–Trinajstić information content (AvgIpc) is 2.75. The Balaban J connectivity index is 1.60. The molecular weight excluding hydrogens is 356 g/mol. The molecule has 150 valence electrons. The monoisotopic (exact) mass is 386 g/mol. The Kier molecular flexibility index (Phi) is 7.13. The van der Waals surface area contributed by atoms with Crippen molar-refractivity contribution >= 4 is 0 Å². The normalized spacial score (nSPS) is 12.8. The number of aryl methyl sites for hydroxylation is 1. The Morgan fingerprint density at radius 2 is 1.59 bits per heavy atom. The van der Waals surface area contributed by atoms with Gasteiger partial charge in [-0.1, -0.05) is 55.5 Å². The summed E-state index contributed by atoms with van der Waals surface area (Å²) < 4.78 is 11.5. The van der Waals surface area contributed by atoms with E-state index < -0.39 is 0 Å². The second-order valence-corrected chi connectivity index (χ2v) is 7.50. The number of benzene rings is 3. The zero-order valence-corrected chi connectivity index (χ0v) is 17.4. The maximum Gasteiger partial charge on any atom is 0.127 e. The van der Waals surface area contributed by atoms with Crippen LogP contribution in [-0.4, -0.2) is 6.61 Å². The zero-order chi connectivity index (χ0) is 20.5. The summed E-state index contributed by atoms with van der Waals surface area (Å²) in [5.74, 6) is 2.66. The molecule has 0 amide bonds. The van der Waals surface area contributed by atoms with Crippen LogP contribution < -0.4 is 9.47 Å². The van der Waals surface area contributed by atoms with E-state index in [-0.39, 0.29) is 5.41 Å². The molecule has 2 heteroatoms. The van der Waals surface area contributed by atoms with Gasteiger partial charge in [-0.2, -0.15) is 0 Å². The van der Waals surface area contributed by atoms with Gasteiger partial charge in [-0.15, -0.1) is 6.58 Å². The van der Waals surface area contributed by atoms with Gasteiger partial charge in [-0.25, -0.2) is 0 Å². The Bertz CT molecular complexity index is 899. The molecule has 1 atom stereocenters. The number of hydrogen-bond donors (Lipinski definition) is 0. The van der Waals surface area contributed by atoms with Crippen LogP contribution in [-0.2, 0) is 11.8 Å². The highest BCUT2D eigenvalue weighted by molar-refractivity contribution is 5.36. The molecule has 3 rings (SSSR count). The van der Waals surface area contributed by atoms with E-state index in [1.807, 2.05) is 55.5 Å². The molecule has 2 nitrogen and oxygen atoms in total. The van der Waals surface area contributed by atoms with E-state index >= 15 is 0 Å². The van der Waals surface area contributed by atoms with E-state index in [0.717, 1.165) is 36.5 Å². The maximum atomic E-state index is 5.96. The molecule has 0 fully saturated rings. The van der Waals surface area contributed by atoms with Crippen molar-refractivity contribution in [2.24, 2.45) is 0 Å². The van der Waals surface area contributed by atoms with Crippen LogP contribution in [0.5, 0.6) is 17.2 Å². The van der Waals surface area contributed by atoms with Crippen molar-refractivity contribution in [2.45, 2.75) is 38.5 Å². The van der Waals surface area contributed by atoms with Crippen molar-refractivity contribution in [2.75, 3.05) is 6.61 Å². The molecule has 1 unspecified atom stereocenters. The molecule has 0 saturated heterocycles. The smallest absolute Gasteiger partial charge is 0.127 e. The first kappa shape index (κ1) is 20.7. The molecular formula is C27H30O2. The van der Waals surface area contributed by atoms with Crippen molar-refractivity contribution < 1.29 is 9.47 Å². The zero-order valence-electron chi connectivity index (χ0n) is 17.4. The van der Waals surface area contributed by atoms with Gasteiger partial charge >= 0.3 is 0 Å². The summed E-state index contributed by atoms with van der Waals surface area (Å²) in [7, 11) is 0. The van der Waals surface area contributed by atoms with Crippen LogP contribution in [0.1, 0.15) is 37.8 Å². The van der Waals surface area contributed by atoms with Crippen molar-refractivity contribution in [3.8, 4) is 17.2 Å². The third-order valence-corrected chi connectivity index (χ3v) is 5.31. The lowest BCUT2D eigenvalue weighted by Gasteiger charge is -2.27. The Labute approximate surface area is 174 Å². The number of para-hydroxylation sites is 1. The summed E-state index contributed by atoms with van der Waals surface area (Å²) in [4.78, 5) is 0. The third-order valence-electron chi connectivity index (χ3n) is 5.31. The number of ether oxygens (including phenoxy) is 2. The topological polar surface area (TPSA) is 18.5 Å². The van der Waals surface area contributed by atoms with E-state index in [9.17, 15) is 0 Å². The molecule has 0 saturated carbocycles. The Hall–Kier alpha value is -3.00. The van der Waals surface area contributed by atoms with Gasteiger partial charge in [-0.05, 0) is 73.7 Å². The third kappa shape index (κ3) is 5.74. The van der Waals surface area contributed by atoms with Gasteiger partial charge in [-0.3, -0.25) is 0 Å². The standard InChI is InChI=1S/C27H30O2/c1-4-27(3,23-16-18-24(19-17-23)28-5-2)20-10-12-22-11-9-15-26(21-22)29-25-13-7-6-8-14-25/h4,6-9,11,13-19,21H,1,5,10,12,20H2,2-3H3. The van der Waals surface area contributed by atoms with Gasteiger partial charge in [0.25, 0.3) is 0 Å². The molecule has 0 aliphatic heterocycles. The SMILES string of the molecule is C=CC(C)(CCCc1cccc(Oc2ccccc2)c1)c1ccc(OCC)cc1. The van der Waals surface area contributed by atoms with E-state index in [1.165, 1.54) is 11.1 Å². The van der Waals surface area contributed by atoms with Gasteiger partial charge in [0.05, 0.1) is 6.61 Å². The van der Waals surface area contributed by atoms with Crippen LogP contribution in [0.2, 0.25) is 0 Å². The predicted molar refractivity (Wildman–Crippen MR) is 121 cm³/mol. The quantitative estimate of drug-likeness (QED) is 0.339. The average molecular weight is 387 g/mol. The van der Waals surface area contributed by atoms with Crippen LogP contribution >= 0.6 is 0 Å². The molecule has 0 aromatic heterocycles. The molecule has 0 aliphatic rings. The molecule has 0 heterocycles. The fourth-order valence-corrected chi connectivity index (χ4v) is 3.51. The first-order chi connectivity index (χ1) is 14.1. The van der Waals surface area contributed by atoms with Crippen LogP contribution in [0.25, 0.3) is 0 Å². The van der Waals surface area contributed by atoms with Gasteiger partial charge in [0.1, 0.15) is 17.2 Å². The minimum atomic E-state index is -0.0527. The summed E-state index contributed by atoms with van der Waals surface area (Å²) in [6.07, 6.45) is 5.18. The second-order valence-electron chi connectivity index (χ2n) is 7.50. The van der Waals surface area contributed by atoms with Crippen molar-refractivity contribution in [1.82, 2.24) is 0 Å². The van der Waals surface area contributed by atoms with Crippen molar-refractivity contribution in [1.29, 1.82) is 0 Å². The van der Waals surface area contributed by atoms with E-state index in [2.05, 4.69) is 49.9 Å². The van der Waals surface area contributed by atoms with E-state index in [1.54, 1.807) is 0 Å². The largest absolute Gasteiger partial charge is 0.494 e. The Morgan fingerprint density at radius 1 is 0.862 bits per heavy atom. The van der Waals surface area contributed by atoms with Gasteiger partial charge < -0.3 is 9.47 Å². The van der Waals surface area contributed by atoms with Crippen LogP contribution in [0, 0.1) is 0 Å². The highest BCUT2D eigenvalue weighted by atomic mass is 16.5. The highest BCUT2D eigenvalue weighted by Gasteiger charge is 2.22. The van der Waals surface area contributed by atoms with E-state index in [0.29, 0.717) is 6.61 Å². The predicted octanol–water partition coefficient (Wildman–Crippen LogP) is 7.34. The second kappa shape index (κ2) is 9.97. The van der Waals surface area contributed by atoms with Gasteiger partial charge in [0, 0.05) is 5.41 Å². The summed E-state index contributed by atoms with van der Waals surface area (Å²) in [5, 5.41) is 0. The van der Waals surface area contributed by atoms with Crippen LogP contribution in [0.4, 0.5) is 0 Å². The lowest BCUT2D eigenvalue weighted by Crippen LogP contribution is -2.18. The lowest BCUT2D eigenvalue weighted by atomic mass is 9.78. The lowest BCUT2D eigenvalue weighted by molar-refractivity contribution is 0.340. The minimum Gasteiger partial charge on any atom is -0.494 e. The molecule has 29 heavy (non-hydrogen) atoms. The van der Waals surface area contributed by atoms with Gasteiger partial charge in [0.2, 0.25) is 0 Å². The summed E-state index contributed by atoms with van der Waals surface area (Å²) >= 11 is 0. The fourth-order valence-electron chi connectivity index (χ4n) is 3.51. The molecule has 3 aromatic carbocycles. The first-order valence-electron chi connectivity index (χ1n) is 10.3. The molecule has 0 N–H and O–H groups in total. The fraction of sp³-hybridized carbons (Fsp3) is 0.259. The molecule has 0 radical (unpaired) electrons. The van der Waals surface area contributed by atoms with Crippen molar-refractivity contribution in [3.05, 3.63) is 103 Å². The number of rotatable bonds is 10. The minimum absolute atomic E-state index is 0.0527. The summed E-state index contributed by atoms with van der Waals surface area (Å²) in [5.41, 5.74) is 2.51. The molecule has 0 bridgehead atoms. The Morgan fingerprint density at radius 3 is 2.28 bits per heavy atom. The van der Waals surface area contributed by atoms with Crippen LogP contribution in [0.3, 0.4) is 0 Å². The molecule has 0 spiro atoms. The van der Waals surface area contributed by atoms with Gasteiger partial charge in [0.15, 0.2) is 0 Å². The van der Waals surface area contributed by atoms with Crippen LogP contribution in [0.15, 0.2) is 91.5 Å². The molecule has 0 aliphatic carbocycles. The number of allylic oxidation sites excluding steroid dienone is 1. The van der Waals surface area contributed by atoms with Crippen molar-refractivity contribution in [3.63, 3.8) is 0 Å². The summed E-state index contributed by atoms with van der Waals surface area (Å²) in [6.45, 7) is 9.05. The van der Waals surface area contributed by atoms with E-state index in [4.69, 9.17) is 9.47 Å². The first-order valence-corrected chi connectivity index (χ1v) is 10.3. The number of hydrogen-bond acceptors (Lipinski definition) is 2. The highest BCUT2D eigenvalue weighted by Crippen LogP contribution is 2.32. The maximum absolute atomic E-state index is 5.96. The summed E-state index contributed by atoms with van der Waals surface area (Å²) in [6, 6.07) is 26.7. The molecule has 3 aromatic rings.